The normalized spacial score (nSPS) is 18.5. The SMILES string of the molecule is N#CC1(C(=O)NCC(=O)O)CCCC1. The van der Waals surface area contributed by atoms with E-state index in [2.05, 4.69) is 5.32 Å². The van der Waals surface area contributed by atoms with Gasteiger partial charge in [-0.2, -0.15) is 5.26 Å². The highest BCUT2D eigenvalue weighted by Gasteiger charge is 2.41. The lowest BCUT2D eigenvalue weighted by Gasteiger charge is -2.18. The number of hydrogen-bond acceptors (Lipinski definition) is 3. The van der Waals surface area contributed by atoms with E-state index in [1.165, 1.54) is 0 Å². The number of rotatable bonds is 3. The number of nitrogens with zero attached hydrogens (tertiary/aromatic N) is 1. The van der Waals surface area contributed by atoms with E-state index >= 15 is 0 Å². The number of nitriles is 1. The number of hydrogen-bond donors (Lipinski definition) is 2. The number of carboxylic acid groups (broad SMARTS) is 1. The maximum atomic E-state index is 11.5. The van der Waals surface area contributed by atoms with Gasteiger partial charge in [-0.3, -0.25) is 9.59 Å². The van der Waals surface area contributed by atoms with Crippen molar-refractivity contribution in [1.29, 1.82) is 5.26 Å². The van der Waals surface area contributed by atoms with E-state index in [4.69, 9.17) is 10.4 Å². The molecule has 0 aromatic carbocycles. The molecular weight excluding hydrogens is 184 g/mol. The van der Waals surface area contributed by atoms with Crippen molar-refractivity contribution in [3.8, 4) is 6.07 Å². The van der Waals surface area contributed by atoms with Gasteiger partial charge in [0.15, 0.2) is 0 Å². The Kier molecular flexibility index (Phi) is 3.07. The minimum atomic E-state index is -1.09. The zero-order chi connectivity index (χ0) is 10.6. The minimum Gasteiger partial charge on any atom is -0.480 e. The van der Waals surface area contributed by atoms with Crippen LogP contribution in [0.4, 0.5) is 0 Å². The maximum absolute atomic E-state index is 11.5. The Bertz CT molecular complexity index is 287. The molecule has 2 N–H and O–H groups in total. The molecule has 0 aromatic rings. The van der Waals surface area contributed by atoms with Gasteiger partial charge in [-0.15, -0.1) is 0 Å². The van der Waals surface area contributed by atoms with Crippen LogP contribution in [-0.2, 0) is 9.59 Å². The van der Waals surface area contributed by atoms with E-state index in [1.54, 1.807) is 0 Å². The largest absolute Gasteiger partial charge is 0.480 e. The van der Waals surface area contributed by atoms with Gasteiger partial charge in [0.05, 0.1) is 6.07 Å². The van der Waals surface area contributed by atoms with Gasteiger partial charge in [0.1, 0.15) is 12.0 Å². The van der Waals surface area contributed by atoms with Crippen molar-refractivity contribution in [2.45, 2.75) is 25.7 Å². The fourth-order valence-electron chi connectivity index (χ4n) is 1.69. The second-order valence-electron chi connectivity index (χ2n) is 3.48. The van der Waals surface area contributed by atoms with Crippen LogP contribution in [0.15, 0.2) is 0 Å². The fraction of sp³-hybridized carbons (Fsp3) is 0.667. The van der Waals surface area contributed by atoms with Gasteiger partial charge in [-0.05, 0) is 12.8 Å². The molecule has 14 heavy (non-hydrogen) atoms. The molecule has 0 atom stereocenters. The van der Waals surface area contributed by atoms with Gasteiger partial charge in [0.25, 0.3) is 0 Å². The van der Waals surface area contributed by atoms with Gasteiger partial charge in [0.2, 0.25) is 5.91 Å². The van der Waals surface area contributed by atoms with Crippen LogP contribution >= 0.6 is 0 Å². The predicted molar refractivity (Wildman–Crippen MR) is 47.2 cm³/mol. The number of carboxylic acids is 1. The average Bonchev–Trinajstić information content (AvgIpc) is 2.63. The molecule has 0 unspecified atom stereocenters. The van der Waals surface area contributed by atoms with Crippen molar-refractivity contribution in [3.05, 3.63) is 0 Å². The van der Waals surface area contributed by atoms with E-state index < -0.39 is 23.8 Å². The van der Waals surface area contributed by atoms with Crippen molar-refractivity contribution in [3.63, 3.8) is 0 Å². The molecule has 5 nitrogen and oxygen atoms in total. The molecular formula is C9H12N2O3. The molecule has 5 heteroatoms. The van der Waals surface area contributed by atoms with Gasteiger partial charge in [0, 0.05) is 0 Å². The van der Waals surface area contributed by atoms with Gasteiger partial charge in [-0.1, -0.05) is 12.8 Å². The van der Waals surface area contributed by atoms with E-state index in [1.807, 2.05) is 6.07 Å². The molecule has 1 fully saturated rings. The third-order valence-electron chi connectivity index (χ3n) is 2.51. The number of nitrogens with one attached hydrogen (secondary N) is 1. The standard InChI is InChI=1S/C9H12N2O3/c10-6-9(3-1-2-4-9)8(14)11-5-7(12)13/h1-5H2,(H,11,14)(H,12,13). The van der Waals surface area contributed by atoms with Crippen LogP contribution in [0.2, 0.25) is 0 Å². The summed E-state index contributed by atoms with van der Waals surface area (Å²) in [6.07, 6.45) is 2.78. The summed E-state index contributed by atoms with van der Waals surface area (Å²) in [6, 6.07) is 2.00. The van der Waals surface area contributed by atoms with Crippen molar-refractivity contribution in [2.75, 3.05) is 6.54 Å². The highest BCUT2D eigenvalue weighted by Crippen LogP contribution is 2.37. The number of amides is 1. The van der Waals surface area contributed by atoms with Crippen molar-refractivity contribution >= 4 is 11.9 Å². The summed E-state index contributed by atoms with van der Waals surface area (Å²) in [6.45, 7) is -0.414. The molecule has 0 bridgehead atoms. The lowest BCUT2D eigenvalue weighted by atomic mass is 9.87. The number of aliphatic carboxylic acids is 1. The first-order valence-electron chi connectivity index (χ1n) is 4.52. The Morgan fingerprint density at radius 2 is 2.00 bits per heavy atom. The summed E-state index contributed by atoms with van der Waals surface area (Å²) in [4.78, 5) is 21.7. The molecule has 1 aliphatic rings. The third kappa shape index (κ3) is 2.02. The zero-order valence-electron chi connectivity index (χ0n) is 7.75. The quantitative estimate of drug-likeness (QED) is 0.677. The molecule has 0 aliphatic heterocycles. The summed E-state index contributed by atoms with van der Waals surface area (Å²) >= 11 is 0. The summed E-state index contributed by atoms with van der Waals surface area (Å²) < 4.78 is 0. The highest BCUT2D eigenvalue weighted by atomic mass is 16.4. The van der Waals surface area contributed by atoms with Crippen LogP contribution in [0.1, 0.15) is 25.7 Å². The molecule has 1 rings (SSSR count). The molecule has 1 amide bonds. The molecule has 0 radical (unpaired) electrons. The Hall–Kier alpha value is -1.57. The van der Waals surface area contributed by atoms with E-state index in [0.29, 0.717) is 12.8 Å². The zero-order valence-corrected chi connectivity index (χ0v) is 7.75. The Morgan fingerprint density at radius 3 is 2.43 bits per heavy atom. The highest BCUT2D eigenvalue weighted by molar-refractivity contribution is 5.88. The molecule has 0 saturated heterocycles. The fourth-order valence-corrected chi connectivity index (χ4v) is 1.69. The van der Waals surface area contributed by atoms with Crippen molar-refractivity contribution in [2.24, 2.45) is 5.41 Å². The van der Waals surface area contributed by atoms with E-state index in [0.717, 1.165) is 12.8 Å². The Balaban J connectivity index is 2.58. The van der Waals surface area contributed by atoms with E-state index in [-0.39, 0.29) is 0 Å². The van der Waals surface area contributed by atoms with Crippen molar-refractivity contribution < 1.29 is 14.7 Å². The third-order valence-corrected chi connectivity index (χ3v) is 2.51. The first-order valence-corrected chi connectivity index (χ1v) is 4.52. The van der Waals surface area contributed by atoms with Crippen LogP contribution in [0.3, 0.4) is 0 Å². The van der Waals surface area contributed by atoms with Crippen LogP contribution in [0.25, 0.3) is 0 Å². The first kappa shape index (κ1) is 10.5. The van der Waals surface area contributed by atoms with Gasteiger partial charge >= 0.3 is 5.97 Å². The average molecular weight is 196 g/mol. The summed E-state index contributed by atoms with van der Waals surface area (Å²) in [5.74, 6) is -1.54. The maximum Gasteiger partial charge on any atom is 0.322 e. The summed E-state index contributed by atoms with van der Waals surface area (Å²) in [5.41, 5.74) is -0.977. The number of carbonyl (C=O) groups is 2. The molecule has 1 saturated carbocycles. The van der Waals surface area contributed by atoms with Crippen molar-refractivity contribution in [1.82, 2.24) is 5.32 Å². The minimum absolute atomic E-state index is 0.414. The summed E-state index contributed by atoms with van der Waals surface area (Å²) in [7, 11) is 0. The first-order chi connectivity index (χ1) is 6.60. The monoisotopic (exact) mass is 196 g/mol. The lowest BCUT2D eigenvalue weighted by Crippen LogP contribution is -2.40. The Labute approximate surface area is 81.7 Å². The lowest BCUT2D eigenvalue weighted by molar-refractivity contribution is -0.139. The van der Waals surface area contributed by atoms with E-state index in [9.17, 15) is 9.59 Å². The predicted octanol–water partition coefficient (Wildman–Crippen LogP) is 0.271. The molecule has 1 aliphatic carbocycles. The van der Waals surface area contributed by atoms with Crippen LogP contribution in [-0.4, -0.2) is 23.5 Å². The molecule has 76 valence electrons. The molecule has 0 spiro atoms. The second-order valence-corrected chi connectivity index (χ2v) is 3.48. The number of carbonyl (C=O) groups excluding carboxylic acids is 1. The van der Waals surface area contributed by atoms with Crippen LogP contribution in [0, 0.1) is 16.7 Å². The molecule has 0 aromatic heterocycles. The van der Waals surface area contributed by atoms with Crippen LogP contribution < -0.4 is 5.32 Å². The van der Waals surface area contributed by atoms with Crippen LogP contribution in [0.5, 0.6) is 0 Å². The van der Waals surface area contributed by atoms with Gasteiger partial charge < -0.3 is 10.4 Å². The topological polar surface area (TPSA) is 90.2 Å². The molecule has 0 heterocycles. The smallest absolute Gasteiger partial charge is 0.322 e. The van der Waals surface area contributed by atoms with Gasteiger partial charge in [-0.25, -0.2) is 0 Å². The summed E-state index contributed by atoms with van der Waals surface area (Å²) in [5, 5.41) is 19.5. The second kappa shape index (κ2) is 4.09. The Morgan fingerprint density at radius 1 is 1.43 bits per heavy atom.